The van der Waals surface area contributed by atoms with Crippen molar-refractivity contribution in [3.05, 3.63) is 23.8 Å². The number of benzene rings is 1. The van der Waals surface area contributed by atoms with Crippen molar-refractivity contribution < 1.29 is 19.0 Å². The van der Waals surface area contributed by atoms with Crippen molar-refractivity contribution in [2.24, 2.45) is 0 Å². The largest absolute Gasteiger partial charge is 0.483 e. The van der Waals surface area contributed by atoms with Crippen molar-refractivity contribution >= 4 is 5.97 Å². The predicted octanol–water partition coefficient (Wildman–Crippen LogP) is 2.34. The zero-order chi connectivity index (χ0) is 13.2. The Morgan fingerprint density at radius 2 is 2.22 bits per heavy atom. The van der Waals surface area contributed by atoms with Crippen LogP contribution in [0.4, 0.5) is 0 Å². The molecule has 0 bridgehead atoms. The molecule has 1 aromatic rings. The first kappa shape index (κ1) is 12.7. The van der Waals surface area contributed by atoms with Crippen molar-refractivity contribution in [1.29, 1.82) is 0 Å². The van der Waals surface area contributed by atoms with Gasteiger partial charge in [0.2, 0.25) is 0 Å². The molecule has 0 radical (unpaired) electrons. The molecular formula is C14H18O4. The van der Waals surface area contributed by atoms with E-state index in [4.69, 9.17) is 14.2 Å². The molecule has 98 valence electrons. The van der Waals surface area contributed by atoms with Gasteiger partial charge in [-0.1, -0.05) is 12.1 Å². The van der Waals surface area contributed by atoms with E-state index < -0.39 is 0 Å². The van der Waals surface area contributed by atoms with E-state index in [1.165, 1.54) is 0 Å². The molecule has 0 unspecified atom stereocenters. The summed E-state index contributed by atoms with van der Waals surface area (Å²) in [6, 6.07) is 5.73. The Bertz CT molecular complexity index is 451. The summed E-state index contributed by atoms with van der Waals surface area (Å²) in [5.74, 6) is 0.977. The summed E-state index contributed by atoms with van der Waals surface area (Å²) in [7, 11) is 0. The number of hydrogen-bond donors (Lipinski definition) is 0. The molecule has 2 rings (SSSR count). The minimum absolute atomic E-state index is 0.0892. The third-order valence-electron chi connectivity index (χ3n) is 2.71. The number of carbonyl (C=O) groups excluding carboxylic acids is 1. The Labute approximate surface area is 107 Å². The topological polar surface area (TPSA) is 44.8 Å². The van der Waals surface area contributed by atoms with Crippen molar-refractivity contribution in [3.8, 4) is 11.5 Å². The molecule has 4 heteroatoms. The highest BCUT2D eigenvalue weighted by molar-refractivity contribution is 5.71. The standard InChI is InChI=1S/C14H18O4/c1-4-16-12(15)9-17-11-7-5-6-10-8-14(2,3)18-13(10)11/h5-7H,4,8-9H2,1-3H3. The van der Waals surface area contributed by atoms with Crippen molar-refractivity contribution in [2.75, 3.05) is 13.2 Å². The van der Waals surface area contributed by atoms with Gasteiger partial charge in [-0.2, -0.15) is 0 Å². The van der Waals surface area contributed by atoms with Gasteiger partial charge >= 0.3 is 5.97 Å². The SMILES string of the molecule is CCOC(=O)COc1cccc2c1OC(C)(C)C2. The fraction of sp³-hybridized carbons (Fsp3) is 0.500. The lowest BCUT2D eigenvalue weighted by Crippen LogP contribution is -2.24. The van der Waals surface area contributed by atoms with Gasteiger partial charge < -0.3 is 14.2 Å². The lowest BCUT2D eigenvalue weighted by molar-refractivity contribution is -0.145. The molecule has 0 spiro atoms. The molecule has 0 saturated carbocycles. The van der Waals surface area contributed by atoms with Gasteiger partial charge in [0.05, 0.1) is 6.61 Å². The Balaban J connectivity index is 2.08. The van der Waals surface area contributed by atoms with Gasteiger partial charge in [-0.25, -0.2) is 4.79 Å². The van der Waals surface area contributed by atoms with E-state index in [0.717, 1.165) is 17.7 Å². The lowest BCUT2D eigenvalue weighted by atomic mass is 10.0. The summed E-state index contributed by atoms with van der Waals surface area (Å²) < 4.78 is 16.1. The zero-order valence-corrected chi connectivity index (χ0v) is 11.0. The van der Waals surface area contributed by atoms with E-state index >= 15 is 0 Å². The van der Waals surface area contributed by atoms with Gasteiger partial charge in [0.1, 0.15) is 5.60 Å². The molecule has 1 aliphatic heterocycles. The molecule has 0 N–H and O–H groups in total. The van der Waals surface area contributed by atoms with E-state index in [1.807, 2.05) is 26.0 Å². The Hall–Kier alpha value is -1.71. The predicted molar refractivity (Wildman–Crippen MR) is 67.0 cm³/mol. The number of ether oxygens (including phenoxy) is 3. The van der Waals surface area contributed by atoms with E-state index in [1.54, 1.807) is 13.0 Å². The van der Waals surface area contributed by atoms with Crippen LogP contribution in [0.1, 0.15) is 26.3 Å². The molecule has 0 atom stereocenters. The number of hydrogen-bond acceptors (Lipinski definition) is 4. The molecule has 1 heterocycles. The number of fused-ring (bicyclic) bond motifs is 1. The summed E-state index contributed by atoms with van der Waals surface area (Å²) in [5.41, 5.74) is 0.896. The molecule has 0 aromatic heterocycles. The molecule has 18 heavy (non-hydrogen) atoms. The third-order valence-corrected chi connectivity index (χ3v) is 2.71. The average molecular weight is 250 g/mol. The van der Waals surface area contributed by atoms with Gasteiger partial charge in [-0.15, -0.1) is 0 Å². The van der Waals surface area contributed by atoms with Crippen LogP contribution in [0.2, 0.25) is 0 Å². The van der Waals surface area contributed by atoms with Crippen LogP contribution in [0, 0.1) is 0 Å². The van der Waals surface area contributed by atoms with Gasteiger partial charge in [0, 0.05) is 12.0 Å². The fourth-order valence-electron chi connectivity index (χ4n) is 2.04. The second kappa shape index (κ2) is 4.88. The second-order valence-corrected chi connectivity index (χ2v) is 4.88. The first-order chi connectivity index (χ1) is 8.52. The van der Waals surface area contributed by atoms with Crippen LogP contribution in [-0.4, -0.2) is 24.8 Å². The molecule has 0 fully saturated rings. The minimum Gasteiger partial charge on any atom is -0.483 e. The first-order valence-corrected chi connectivity index (χ1v) is 6.11. The highest BCUT2D eigenvalue weighted by atomic mass is 16.6. The minimum atomic E-state index is -0.368. The summed E-state index contributed by atoms with van der Waals surface area (Å²) in [5, 5.41) is 0. The fourth-order valence-corrected chi connectivity index (χ4v) is 2.04. The van der Waals surface area contributed by atoms with Gasteiger partial charge in [-0.3, -0.25) is 0 Å². The molecule has 1 aromatic carbocycles. The highest BCUT2D eigenvalue weighted by Gasteiger charge is 2.32. The van der Waals surface area contributed by atoms with Gasteiger partial charge in [0.15, 0.2) is 18.1 Å². The van der Waals surface area contributed by atoms with Crippen LogP contribution < -0.4 is 9.47 Å². The van der Waals surface area contributed by atoms with Crippen molar-refractivity contribution in [2.45, 2.75) is 32.8 Å². The summed E-state index contributed by atoms with van der Waals surface area (Å²) >= 11 is 0. The molecular weight excluding hydrogens is 232 g/mol. The molecule has 0 aliphatic carbocycles. The van der Waals surface area contributed by atoms with Gasteiger partial charge in [0.25, 0.3) is 0 Å². The van der Waals surface area contributed by atoms with Crippen LogP contribution in [0.5, 0.6) is 11.5 Å². The monoisotopic (exact) mass is 250 g/mol. The van der Waals surface area contributed by atoms with Crippen LogP contribution in [0.25, 0.3) is 0 Å². The Morgan fingerprint density at radius 1 is 1.44 bits per heavy atom. The van der Waals surface area contributed by atoms with Crippen LogP contribution in [-0.2, 0) is 16.0 Å². The van der Waals surface area contributed by atoms with E-state index in [-0.39, 0.29) is 18.2 Å². The van der Waals surface area contributed by atoms with E-state index in [2.05, 4.69) is 0 Å². The number of rotatable bonds is 4. The van der Waals surface area contributed by atoms with Crippen LogP contribution >= 0.6 is 0 Å². The maximum atomic E-state index is 11.3. The average Bonchev–Trinajstić information content (AvgIpc) is 2.61. The maximum Gasteiger partial charge on any atom is 0.344 e. The van der Waals surface area contributed by atoms with Crippen LogP contribution in [0.3, 0.4) is 0 Å². The first-order valence-electron chi connectivity index (χ1n) is 6.11. The molecule has 4 nitrogen and oxygen atoms in total. The highest BCUT2D eigenvalue weighted by Crippen LogP contribution is 2.41. The summed E-state index contributed by atoms with van der Waals surface area (Å²) in [4.78, 5) is 11.3. The Kier molecular flexibility index (Phi) is 3.45. The van der Waals surface area contributed by atoms with Gasteiger partial charge in [-0.05, 0) is 26.8 Å². The van der Waals surface area contributed by atoms with Crippen LogP contribution in [0.15, 0.2) is 18.2 Å². The van der Waals surface area contributed by atoms with Crippen molar-refractivity contribution in [3.63, 3.8) is 0 Å². The van der Waals surface area contributed by atoms with E-state index in [9.17, 15) is 4.79 Å². The second-order valence-electron chi connectivity index (χ2n) is 4.88. The molecule has 1 aliphatic rings. The molecule has 0 saturated heterocycles. The summed E-state index contributed by atoms with van der Waals surface area (Å²) in [6.45, 7) is 6.10. The number of carbonyl (C=O) groups is 1. The number of para-hydroxylation sites is 1. The summed E-state index contributed by atoms with van der Waals surface area (Å²) in [6.07, 6.45) is 0.846. The zero-order valence-electron chi connectivity index (χ0n) is 11.0. The lowest BCUT2D eigenvalue weighted by Gasteiger charge is -2.18. The third kappa shape index (κ3) is 2.75. The number of esters is 1. The van der Waals surface area contributed by atoms with E-state index in [0.29, 0.717) is 12.4 Å². The molecule has 0 amide bonds. The maximum absolute atomic E-state index is 11.3. The Morgan fingerprint density at radius 3 is 2.94 bits per heavy atom. The smallest absolute Gasteiger partial charge is 0.344 e. The normalized spacial score (nSPS) is 15.7. The quantitative estimate of drug-likeness (QED) is 0.769. The van der Waals surface area contributed by atoms with Crippen molar-refractivity contribution in [1.82, 2.24) is 0 Å².